The molecule has 0 aliphatic carbocycles. The van der Waals surface area contributed by atoms with Crippen LogP contribution in [0.25, 0.3) is 0 Å². The van der Waals surface area contributed by atoms with E-state index in [1.807, 2.05) is 29.2 Å². The number of carbonyl (C=O) groups is 1. The summed E-state index contributed by atoms with van der Waals surface area (Å²) in [5.41, 5.74) is 1.97. The Morgan fingerprint density at radius 2 is 1.96 bits per heavy atom. The predicted molar refractivity (Wildman–Crippen MR) is 89.0 cm³/mol. The Morgan fingerprint density at radius 3 is 2.61 bits per heavy atom. The van der Waals surface area contributed by atoms with Crippen molar-refractivity contribution in [3.8, 4) is 0 Å². The lowest BCUT2D eigenvalue weighted by Crippen LogP contribution is -2.48. The molecule has 1 amide bonds. The van der Waals surface area contributed by atoms with Crippen molar-refractivity contribution in [1.29, 1.82) is 0 Å². The van der Waals surface area contributed by atoms with Gasteiger partial charge in [-0.15, -0.1) is 0 Å². The Balaban J connectivity index is 1.48. The lowest BCUT2D eigenvalue weighted by molar-refractivity contribution is -0.132. The normalized spacial score (nSPS) is 15.6. The van der Waals surface area contributed by atoms with Gasteiger partial charge in [0.2, 0.25) is 5.91 Å². The fourth-order valence-electron chi connectivity index (χ4n) is 2.67. The molecule has 0 N–H and O–H groups in total. The second-order valence-corrected chi connectivity index (χ2v) is 6.10. The maximum Gasteiger partial charge on any atom is 0.227 e. The topological polar surface area (TPSA) is 49.3 Å². The van der Waals surface area contributed by atoms with Gasteiger partial charge < -0.3 is 4.90 Å². The zero-order valence-corrected chi connectivity index (χ0v) is 13.6. The van der Waals surface area contributed by atoms with Gasteiger partial charge in [0.1, 0.15) is 0 Å². The molecule has 0 spiro atoms. The molecule has 0 unspecified atom stereocenters. The maximum atomic E-state index is 12.3. The fraction of sp³-hybridized carbons (Fsp3) is 0.353. The number of aromatic nitrogens is 2. The van der Waals surface area contributed by atoms with E-state index in [1.165, 1.54) is 0 Å². The van der Waals surface area contributed by atoms with Gasteiger partial charge in [-0.1, -0.05) is 17.7 Å². The van der Waals surface area contributed by atoms with Crippen LogP contribution in [0, 0.1) is 0 Å². The van der Waals surface area contributed by atoms with E-state index in [-0.39, 0.29) is 5.91 Å². The maximum absolute atomic E-state index is 12.3. The highest BCUT2D eigenvalue weighted by Crippen LogP contribution is 2.11. The van der Waals surface area contributed by atoms with Gasteiger partial charge in [0, 0.05) is 51.3 Å². The molecule has 1 fully saturated rings. The molecule has 1 saturated heterocycles. The highest BCUT2D eigenvalue weighted by molar-refractivity contribution is 6.30. The quantitative estimate of drug-likeness (QED) is 0.860. The van der Waals surface area contributed by atoms with Crippen LogP contribution in [0.4, 0.5) is 0 Å². The molecule has 2 aromatic rings. The van der Waals surface area contributed by atoms with Crippen LogP contribution < -0.4 is 0 Å². The number of rotatable bonds is 4. The van der Waals surface area contributed by atoms with Gasteiger partial charge in [0.25, 0.3) is 0 Å². The van der Waals surface area contributed by atoms with E-state index in [4.69, 9.17) is 11.6 Å². The Bertz CT molecular complexity index is 639. The standard InChI is InChI=1S/C17H19ClN4O/c18-15-3-4-16(20-12-15)13-21-6-8-22(9-7-21)17(23)10-14-2-1-5-19-11-14/h1-5,11-12H,6-10,13H2. The van der Waals surface area contributed by atoms with Crippen molar-refractivity contribution in [2.45, 2.75) is 13.0 Å². The number of pyridine rings is 2. The lowest BCUT2D eigenvalue weighted by atomic mass is 10.2. The molecule has 0 atom stereocenters. The molecule has 0 aromatic carbocycles. The van der Waals surface area contributed by atoms with E-state index >= 15 is 0 Å². The highest BCUT2D eigenvalue weighted by atomic mass is 35.5. The highest BCUT2D eigenvalue weighted by Gasteiger charge is 2.21. The largest absolute Gasteiger partial charge is 0.340 e. The molecule has 0 bridgehead atoms. The van der Waals surface area contributed by atoms with Crippen LogP contribution in [0.1, 0.15) is 11.3 Å². The smallest absolute Gasteiger partial charge is 0.227 e. The summed E-state index contributed by atoms with van der Waals surface area (Å²) in [6.07, 6.45) is 5.56. The first-order chi connectivity index (χ1) is 11.2. The first-order valence-electron chi connectivity index (χ1n) is 7.70. The third kappa shape index (κ3) is 4.50. The average molecular weight is 331 g/mol. The number of hydrogen-bond acceptors (Lipinski definition) is 4. The summed E-state index contributed by atoms with van der Waals surface area (Å²) < 4.78 is 0. The van der Waals surface area contributed by atoms with Crippen LogP contribution in [0.15, 0.2) is 42.9 Å². The van der Waals surface area contributed by atoms with E-state index in [1.54, 1.807) is 18.6 Å². The SMILES string of the molecule is O=C(Cc1cccnc1)N1CCN(Cc2ccc(Cl)cn2)CC1. The van der Waals surface area contributed by atoms with Crippen LogP contribution in [-0.2, 0) is 17.8 Å². The van der Waals surface area contributed by atoms with E-state index < -0.39 is 0 Å². The van der Waals surface area contributed by atoms with Gasteiger partial charge in [-0.3, -0.25) is 19.7 Å². The molecule has 23 heavy (non-hydrogen) atoms. The molecule has 3 rings (SSSR count). The Hall–Kier alpha value is -1.98. The summed E-state index contributed by atoms with van der Waals surface area (Å²) in [6.45, 7) is 4.04. The van der Waals surface area contributed by atoms with Gasteiger partial charge in [-0.2, -0.15) is 0 Å². The molecule has 6 heteroatoms. The molecular formula is C17H19ClN4O. The summed E-state index contributed by atoms with van der Waals surface area (Å²) >= 11 is 5.85. The third-order valence-corrected chi connectivity index (χ3v) is 4.20. The molecule has 1 aliphatic rings. The van der Waals surface area contributed by atoms with Crippen LogP contribution in [-0.4, -0.2) is 51.9 Å². The van der Waals surface area contributed by atoms with Crippen molar-refractivity contribution >= 4 is 17.5 Å². The van der Waals surface area contributed by atoms with Crippen molar-refractivity contribution in [3.63, 3.8) is 0 Å². The third-order valence-electron chi connectivity index (χ3n) is 3.98. The van der Waals surface area contributed by atoms with Crippen molar-refractivity contribution in [3.05, 3.63) is 59.1 Å². The van der Waals surface area contributed by atoms with Crippen molar-refractivity contribution < 1.29 is 4.79 Å². The number of hydrogen-bond donors (Lipinski definition) is 0. The predicted octanol–water partition coefficient (Wildman–Crippen LogP) is 2.02. The number of amides is 1. The van der Waals surface area contributed by atoms with Gasteiger partial charge >= 0.3 is 0 Å². The van der Waals surface area contributed by atoms with Gasteiger partial charge in [0.15, 0.2) is 0 Å². The summed E-state index contributed by atoms with van der Waals surface area (Å²) in [4.78, 5) is 24.9. The molecular weight excluding hydrogens is 312 g/mol. The van der Waals surface area contributed by atoms with E-state index in [0.717, 1.165) is 44.0 Å². The fourth-order valence-corrected chi connectivity index (χ4v) is 2.79. The Labute approximate surface area is 140 Å². The van der Waals surface area contributed by atoms with Crippen LogP contribution >= 0.6 is 11.6 Å². The first kappa shape index (κ1) is 15.9. The van der Waals surface area contributed by atoms with Gasteiger partial charge in [-0.05, 0) is 23.8 Å². The molecule has 5 nitrogen and oxygen atoms in total. The van der Waals surface area contributed by atoms with Crippen LogP contribution in [0.5, 0.6) is 0 Å². The monoisotopic (exact) mass is 330 g/mol. The van der Waals surface area contributed by atoms with E-state index in [2.05, 4.69) is 14.9 Å². The average Bonchev–Trinajstić information content (AvgIpc) is 2.58. The van der Waals surface area contributed by atoms with Crippen molar-refractivity contribution in [2.75, 3.05) is 26.2 Å². The number of carbonyl (C=O) groups excluding carboxylic acids is 1. The minimum atomic E-state index is 0.169. The molecule has 1 aliphatic heterocycles. The number of halogens is 1. The minimum Gasteiger partial charge on any atom is -0.340 e. The molecule has 0 saturated carbocycles. The summed E-state index contributed by atoms with van der Waals surface area (Å²) in [5, 5.41) is 0.652. The lowest BCUT2D eigenvalue weighted by Gasteiger charge is -2.34. The molecule has 3 heterocycles. The zero-order valence-electron chi connectivity index (χ0n) is 12.9. The number of nitrogens with zero attached hydrogens (tertiary/aromatic N) is 4. The van der Waals surface area contributed by atoms with Gasteiger partial charge in [0.05, 0.1) is 17.1 Å². The summed E-state index contributed by atoms with van der Waals surface area (Å²) in [5.74, 6) is 0.169. The Kier molecular flexibility index (Phi) is 5.20. The molecule has 120 valence electrons. The van der Waals surface area contributed by atoms with Crippen LogP contribution in [0.3, 0.4) is 0 Å². The summed E-state index contributed by atoms with van der Waals surface area (Å²) in [6, 6.07) is 7.60. The summed E-state index contributed by atoms with van der Waals surface area (Å²) in [7, 11) is 0. The van der Waals surface area contributed by atoms with Gasteiger partial charge in [-0.25, -0.2) is 0 Å². The second-order valence-electron chi connectivity index (χ2n) is 5.66. The second kappa shape index (κ2) is 7.53. The first-order valence-corrected chi connectivity index (χ1v) is 8.08. The Morgan fingerprint density at radius 1 is 1.13 bits per heavy atom. The van der Waals surface area contributed by atoms with E-state index in [9.17, 15) is 4.79 Å². The molecule has 0 radical (unpaired) electrons. The van der Waals surface area contributed by atoms with Crippen LogP contribution in [0.2, 0.25) is 5.02 Å². The minimum absolute atomic E-state index is 0.169. The van der Waals surface area contributed by atoms with Crippen molar-refractivity contribution in [1.82, 2.24) is 19.8 Å². The van der Waals surface area contributed by atoms with E-state index in [0.29, 0.717) is 11.4 Å². The number of piperazine rings is 1. The zero-order chi connectivity index (χ0) is 16.1. The molecule has 2 aromatic heterocycles. The van der Waals surface area contributed by atoms with Crippen molar-refractivity contribution in [2.24, 2.45) is 0 Å².